The predicted octanol–water partition coefficient (Wildman–Crippen LogP) is 3.44. The van der Waals surface area contributed by atoms with Crippen LogP contribution in [0, 0.1) is 0 Å². The number of thioether (sulfide) groups is 1. The molecule has 0 spiro atoms. The van der Waals surface area contributed by atoms with Crippen LogP contribution in [0.1, 0.15) is 31.4 Å². The molecule has 0 radical (unpaired) electrons. The lowest BCUT2D eigenvalue weighted by Crippen LogP contribution is -2.44. The predicted molar refractivity (Wildman–Crippen MR) is 111 cm³/mol. The van der Waals surface area contributed by atoms with Gasteiger partial charge in [-0.2, -0.15) is 11.8 Å². The van der Waals surface area contributed by atoms with E-state index in [1.165, 1.54) is 24.2 Å². The van der Waals surface area contributed by atoms with E-state index in [4.69, 9.17) is 4.74 Å². The van der Waals surface area contributed by atoms with Crippen LogP contribution in [0.4, 0.5) is 0 Å². The third-order valence-corrected chi connectivity index (χ3v) is 5.60. The van der Waals surface area contributed by atoms with E-state index in [9.17, 15) is 0 Å². The van der Waals surface area contributed by atoms with Crippen molar-refractivity contribution in [3.8, 4) is 0 Å². The molecule has 1 fully saturated rings. The maximum Gasteiger partial charge on any atom is 0.191 e. The molecule has 2 unspecified atom stereocenters. The second-order valence-electron chi connectivity index (χ2n) is 5.84. The largest absolute Gasteiger partial charge is 0.375 e. The number of halogens is 1. The van der Waals surface area contributed by atoms with E-state index in [1.807, 2.05) is 25.2 Å². The molecule has 1 aromatic rings. The fraction of sp³-hybridized carbons (Fsp3) is 0.588. The number of rotatable bonds is 6. The Morgan fingerprint density at radius 2 is 2.09 bits per heavy atom. The first-order valence-corrected chi connectivity index (χ1v) is 8.81. The highest BCUT2D eigenvalue weighted by atomic mass is 127. The summed E-state index contributed by atoms with van der Waals surface area (Å²) in [6, 6.07) is 10.3. The topological polar surface area (TPSA) is 45.7 Å². The van der Waals surface area contributed by atoms with Crippen LogP contribution in [0.25, 0.3) is 0 Å². The quantitative estimate of drug-likeness (QED) is 0.397. The molecule has 2 rings (SSSR count). The van der Waals surface area contributed by atoms with Crippen LogP contribution in [0.15, 0.2) is 35.3 Å². The number of hydrogen-bond donors (Lipinski definition) is 2. The Kier molecular flexibility index (Phi) is 9.31. The van der Waals surface area contributed by atoms with Gasteiger partial charge in [-0.3, -0.25) is 4.99 Å². The Hall–Kier alpha value is -0.470. The lowest BCUT2D eigenvalue weighted by Gasteiger charge is -2.25. The van der Waals surface area contributed by atoms with Crippen molar-refractivity contribution in [2.45, 2.75) is 30.6 Å². The summed E-state index contributed by atoms with van der Waals surface area (Å²) in [5.41, 5.74) is 1.17. The van der Waals surface area contributed by atoms with Gasteiger partial charge in [-0.25, -0.2) is 0 Å². The van der Waals surface area contributed by atoms with Crippen LogP contribution in [0.2, 0.25) is 0 Å². The SMILES string of the molecule is CN=C(NCC(OC)c1ccccc1)NCC1(C)CCCS1.I. The average molecular weight is 449 g/mol. The fourth-order valence-electron chi connectivity index (χ4n) is 2.66. The molecule has 1 aliphatic heterocycles. The molecule has 1 aliphatic rings. The van der Waals surface area contributed by atoms with Crippen LogP contribution in [-0.4, -0.2) is 43.7 Å². The number of hydrogen-bond acceptors (Lipinski definition) is 3. The van der Waals surface area contributed by atoms with Crippen molar-refractivity contribution in [2.24, 2.45) is 4.99 Å². The van der Waals surface area contributed by atoms with Gasteiger partial charge in [-0.05, 0) is 31.1 Å². The molecule has 0 bridgehead atoms. The number of benzene rings is 1. The molecule has 0 aliphatic carbocycles. The van der Waals surface area contributed by atoms with E-state index in [0.717, 1.165) is 12.5 Å². The number of ether oxygens (including phenoxy) is 1. The molecule has 1 saturated heterocycles. The Balaban J connectivity index is 0.00000264. The van der Waals surface area contributed by atoms with E-state index in [0.29, 0.717) is 11.3 Å². The minimum absolute atomic E-state index is 0. The Morgan fingerprint density at radius 1 is 1.35 bits per heavy atom. The second kappa shape index (κ2) is 10.4. The molecule has 1 heterocycles. The molecule has 0 saturated carbocycles. The van der Waals surface area contributed by atoms with Crippen molar-refractivity contribution < 1.29 is 4.74 Å². The maximum absolute atomic E-state index is 5.58. The zero-order valence-corrected chi connectivity index (χ0v) is 17.3. The van der Waals surface area contributed by atoms with Crippen molar-refractivity contribution in [1.82, 2.24) is 10.6 Å². The van der Waals surface area contributed by atoms with Crippen molar-refractivity contribution in [1.29, 1.82) is 0 Å². The summed E-state index contributed by atoms with van der Waals surface area (Å²) in [6.07, 6.45) is 2.61. The standard InChI is InChI=1S/C17H27N3OS.HI/c1-17(10-7-11-22-17)13-20-16(18-2)19-12-15(21-3)14-8-5-4-6-9-14;/h4-6,8-9,15H,7,10-13H2,1-3H3,(H2,18,19,20);1H. The van der Waals surface area contributed by atoms with Crippen molar-refractivity contribution in [3.63, 3.8) is 0 Å². The molecule has 0 amide bonds. The number of guanidine groups is 1. The minimum atomic E-state index is 0. The normalized spacial score (nSPS) is 22.3. The van der Waals surface area contributed by atoms with Gasteiger partial charge in [0.15, 0.2) is 5.96 Å². The summed E-state index contributed by atoms with van der Waals surface area (Å²) < 4.78 is 5.91. The molecule has 130 valence electrons. The van der Waals surface area contributed by atoms with Crippen LogP contribution in [0.3, 0.4) is 0 Å². The maximum atomic E-state index is 5.58. The number of aliphatic imine (C=N–C) groups is 1. The fourth-order valence-corrected chi connectivity index (χ4v) is 3.91. The highest BCUT2D eigenvalue weighted by Crippen LogP contribution is 2.36. The molecule has 2 N–H and O–H groups in total. The van der Waals surface area contributed by atoms with Gasteiger partial charge in [0.1, 0.15) is 0 Å². The number of nitrogens with zero attached hydrogens (tertiary/aromatic N) is 1. The second-order valence-corrected chi connectivity index (χ2v) is 7.53. The molecule has 23 heavy (non-hydrogen) atoms. The first-order chi connectivity index (χ1) is 10.7. The van der Waals surface area contributed by atoms with Crippen LogP contribution >= 0.6 is 35.7 Å². The molecule has 6 heteroatoms. The first kappa shape index (κ1) is 20.6. The van der Waals surface area contributed by atoms with E-state index in [1.54, 1.807) is 7.11 Å². The molecule has 1 aromatic carbocycles. The lowest BCUT2D eigenvalue weighted by atomic mass is 10.1. The van der Waals surface area contributed by atoms with E-state index < -0.39 is 0 Å². The van der Waals surface area contributed by atoms with Gasteiger partial charge in [0.25, 0.3) is 0 Å². The molecular weight excluding hydrogens is 421 g/mol. The van der Waals surface area contributed by atoms with Crippen LogP contribution < -0.4 is 10.6 Å². The Bertz CT molecular complexity index is 478. The van der Waals surface area contributed by atoms with Gasteiger partial charge in [-0.15, -0.1) is 24.0 Å². The lowest BCUT2D eigenvalue weighted by molar-refractivity contribution is 0.106. The van der Waals surface area contributed by atoms with Crippen molar-refractivity contribution in [3.05, 3.63) is 35.9 Å². The van der Waals surface area contributed by atoms with E-state index in [2.05, 4.69) is 46.4 Å². The van der Waals surface area contributed by atoms with E-state index >= 15 is 0 Å². The molecule has 4 nitrogen and oxygen atoms in total. The summed E-state index contributed by atoms with van der Waals surface area (Å²) in [4.78, 5) is 4.31. The smallest absolute Gasteiger partial charge is 0.191 e. The summed E-state index contributed by atoms with van der Waals surface area (Å²) in [7, 11) is 3.55. The van der Waals surface area contributed by atoms with Crippen LogP contribution in [-0.2, 0) is 4.74 Å². The summed E-state index contributed by atoms with van der Waals surface area (Å²) in [5, 5.41) is 6.81. The molecule has 2 atom stereocenters. The van der Waals surface area contributed by atoms with Gasteiger partial charge in [0, 0.05) is 32.0 Å². The number of nitrogens with one attached hydrogen (secondary N) is 2. The van der Waals surface area contributed by atoms with E-state index in [-0.39, 0.29) is 30.1 Å². The zero-order valence-electron chi connectivity index (χ0n) is 14.2. The minimum Gasteiger partial charge on any atom is -0.375 e. The summed E-state index contributed by atoms with van der Waals surface area (Å²) in [6.45, 7) is 3.97. The monoisotopic (exact) mass is 449 g/mol. The Morgan fingerprint density at radius 3 is 2.65 bits per heavy atom. The Labute approximate surface area is 161 Å². The highest BCUT2D eigenvalue weighted by Gasteiger charge is 2.29. The van der Waals surface area contributed by atoms with Gasteiger partial charge < -0.3 is 15.4 Å². The summed E-state index contributed by atoms with van der Waals surface area (Å²) in [5.74, 6) is 2.11. The van der Waals surface area contributed by atoms with Gasteiger partial charge in [-0.1, -0.05) is 30.3 Å². The highest BCUT2D eigenvalue weighted by molar-refractivity contribution is 14.0. The first-order valence-electron chi connectivity index (χ1n) is 7.83. The molecule has 0 aromatic heterocycles. The molecular formula is C17H28IN3OS. The number of methoxy groups -OCH3 is 1. The third kappa shape index (κ3) is 6.51. The van der Waals surface area contributed by atoms with Crippen molar-refractivity contribution >= 4 is 41.7 Å². The third-order valence-electron chi connectivity index (χ3n) is 4.06. The zero-order chi connectivity index (χ0) is 15.8. The average Bonchev–Trinajstić information content (AvgIpc) is 2.99. The van der Waals surface area contributed by atoms with Crippen LogP contribution in [0.5, 0.6) is 0 Å². The van der Waals surface area contributed by atoms with Gasteiger partial charge in [0.05, 0.1) is 6.10 Å². The van der Waals surface area contributed by atoms with Gasteiger partial charge in [0.2, 0.25) is 0 Å². The van der Waals surface area contributed by atoms with Gasteiger partial charge >= 0.3 is 0 Å². The summed E-state index contributed by atoms with van der Waals surface area (Å²) >= 11 is 2.05. The van der Waals surface area contributed by atoms with Crippen molar-refractivity contribution in [2.75, 3.05) is 33.0 Å².